The van der Waals surface area contributed by atoms with Crippen LogP contribution in [0.4, 0.5) is 5.69 Å². The second-order valence-corrected chi connectivity index (χ2v) is 6.39. The molecule has 2 aromatic carbocycles. The van der Waals surface area contributed by atoms with Crippen LogP contribution >= 0.6 is 35.6 Å². The molecule has 2 N–H and O–H groups in total. The van der Waals surface area contributed by atoms with Crippen molar-refractivity contribution in [2.75, 3.05) is 25.6 Å². The van der Waals surface area contributed by atoms with Gasteiger partial charge in [0.2, 0.25) is 0 Å². The van der Waals surface area contributed by atoms with Gasteiger partial charge >= 0.3 is 0 Å². The first-order valence-electron chi connectivity index (χ1n) is 6.75. The van der Waals surface area contributed by atoms with E-state index >= 15 is 0 Å². The van der Waals surface area contributed by atoms with E-state index in [2.05, 4.69) is 22.8 Å². The number of methoxy groups -OCH3 is 1. The van der Waals surface area contributed by atoms with Gasteiger partial charge in [0.1, 0.15) is 0 Å². The van der Waals surface area contributed by atoms with E-state index in [0.717, 1.165) is 15.5 Å². The summed E-state index contributed by atoms with van der Waals surface area (Å²) >= 11 is 13.0. The van der Waals surface area contributed by atoms with E-state index in [9.17, 15) is 0 Å². The maximum Gasteiger partial charge on any atom is 0.170 e. The van der Waals surface area contributed by atoms with Crippen molar-refractivity contribution in [3.63, 3.8) is 0 Å². The smallest absolute Gasteiger partial charge is 0.170 e. The monoisotopic (exact) mass is 352 g/mol. The molecule has 0 fully saturated rings. The summed E-state index contributed by atoms with van der Waals surface area (Å²) in [5.74, 6) is 0. The van der Waals surface area contributed by atoms with Gasteiger partial charge in [-0.25, -0.2) is 0 Å². The van der Waals surface area contributed by atoms with E-state index < -0.39 is 0 Å². The molecule has 22 heavy (non-hydrogen) atoms. The Bertz CT molecular complexity index is 623. The quantitative estimate of drug-likeness (QED) is 0.594. The minimum atomic E-state index is 0.550. The van der Waals surface area contributed by atoms with E-state index in [1.54, 1.807) is 18.9 Å². The van der Waals surface area contributed by atoms with Crippen molar-refractivity contribution in [1.82, 2.24) is 5.32 Å². The Labute approximate surface area is 145 Å². The molecule has 6 heteroatoms. The third-order valence-corrected chi connectivity index (χ3v) is 4.32. The number of anilines is 1. The normalized spacial score (nSPS) is 10.3. The number of thiocarbonyl (C=S) groups is 1. The van der Waals surface area contributed by atoms with Gasteiger partial charge in [-0.2, -0.15) is 0 Å². The van der Waals surface area contributed by atoms with E-state index in [1.807, 2.05) is 36.4 Å². The van der Waals surface area contributed by atoms with Crippen LogP contribution in [0.3, 0.4) is 0 Å². The fourth-order valence-corrected chi connectivity index (χ4v) is 3.02. The molecule has 0 aliphatic heterocycles. The summed E-state index contributed by atoms with van der Waals surface area (Å²) < 4.78 is 4.99. The topological polar surface area (TPSA) is 33.3 Å². The zero-order valence-electron chi connectivity index (χ0n) is 12.1. The predicted molar refractivity (Wildman–Crippen MR) is 98.1 cm³/mol. The Hall–Kier alpha value is -1.27. The minimum absolute atomic E-state index is 0.550. The maximum atomic E-state index is 6.10. The highest BCUT2D eigenvalue weighted by molar-refractivity contribution is 7.99. The number of hydrogen-bond acceptors (Lipinski definition) is 3. The van der Waals surface area contributed by atoms with Gasteiger partial charge in [-0.05, 0) is 42.5 Å². The highest BCUT2D eigenvalue weighted by atomic mass is 35.5. The zero-order valence-corrected chi connectivity index (χ0v) is 14.5. The third-order valence-electron chi connectivity index (χ3n) is 2.75. The summed E-state index contributed by atoms with van der Waals surface area (Å²) in [6.45, 7) is 1.26. The number of benzene rings is 2. The molecule has 0 aromatic heterocycles. The van der Waals surface area contributed by atoms with Gasteiger partial charge in [-0.1, -0.05) is 41.6 Å². The molecule has 0 aliphatic rings. The van der Waals surface area contributed by atoms with Crippen LogP contribution in [0.15, 0.2) is 58.3 Å². The van der Waals surface area contributed by atoms with Crippen LogP contribution < -0.4 is 10.6 Å². The Morgan fingerprint density at radius 3 is 2.73 bits per heavy atom. The van der Waals surface area contributed by atoms with E-state index in [1.165, 1.54) is 0 Å². The standard InChI is InChI=1S/C16H17ClN2OS2/c1-20-10-9-18-16(21)19-14-11-12(17)7-8-15(14)22-13-5-3-2-4-6-13/h2-8,11H,9-10H2,1H3,(H2,18,19,21). The molecular weight excluding hydrogens is 336 g/mol. The molecular formula is C16H17ClN2OS2. The molecule has 0 amide bonds. The number of nitrogens with one attached hydrogen (secondary N) is 2. The van der Waals surface area contributed by atoms with Gasteiger partial charge in [0.05, 0.1) is 12.3 Å². The Morgan fingerprint density at radius 2 is 2.00 bits per heavy atom. The first-order valence-corrected chi connectivity index (χ1v) is 8.35. The lowest BCUT2D eigenvalue weighted by molar-refractivity contribution is 0.204. The molecule has 2 rings (SSSR count). The lowest BCUT2D eigenvalue weighted by atomic mass is 10.3. The molecule has 0 saturated heterocycles. The van der Waals surface area contributed by atoms with Crippen LogP contribution in [-0.4, -0.2) is 25.4 Å². The summed E-state index contributed by atoms with van der Waals surface area (Å²) in [7, 11) is 1.66. The van der Waals surface area contributed by atoms with Crippen molar-refractivity contribution in [3.05, 3.63) is 53.6 Å². The summed E-state index contributed by atoms with van der Waals surface area (Å²) in [5.41, 5.74) is 0.885. The van der Waals surface area contributed by atoms with Gasteiger partial charge in [0, 0.05) is 28.5 Å². The average Bonchev–Trinajstić information content (AvgIpc) is 2.51. The first-order chi connectivity index (χ1) is 10.7. The fraction of sp³-hybridized carbons (Fsp3) is 0.188. The number of hydrogen-bond donors (Lipinski definition) is 2. The molecule has 0 radical (unpaired) electrons. The van der Waals surface area contributed by atoms with E-state index in [-0.39, 0.29) is 0 Å². The highest BCUT2D eigenvalue weighted by Crippen LogP contribution is 2.34. The highest BCUT2D eigenvalue weighted by Gasteiger charge is 2.07. The lowest BCUT2D eigenvalue weighted by Crippen LogP contribution is -2.31. The Balaban J connectivity index is 2.09. The molecule has 0 spiro atoms. The summed E-state index contributed by atoms with van der Waals surface area (Å²) in [5, 5.41) is 7.49. The van der Waals surface area contributed by atoms with Gasteiger partial charge < -0.3 is 15.4 Å². The lowest BCUT2D eigenvalue weighted by Gasteiger charge is -2.14. The van der Waals surface area contributed by atoms with Gasteiger partial charge in [-0.3, -0.25) is 0 Å². The summed E-state index contributed by atoms with van der Waals surface area (Å²) in [6, 6.07) is 15.9. The summed E-state index contributed by atoms with van der Waals surface area (Å²) in [4.78, 5) is 2.22. The van der Waals surface area contributed by atoms with Gasteiger partial charge in [0.15, 0.2) is 5.11 Å². The zero-order chi connectivity index (χ0) is 15.8. The van der Waals surface area contributed by atoms with Crippen LogP contribution in [0.5, 0.6) is 0 Å². The van der Waals surface area contributed by atoms with Crippen molar-refractivity contribution in [3.8, 4) is 0 Å². The van der Waals surface area contributed by atoms with Crippen LogP contribution in [0, 0.1) is 0 Å². The fourth-order valence-electron chi connectivity index (χ4n) is 1.74. The Morgan fingerprint density at radius 1 is 1.23 bits per heavy atom. The van der Waals surface area contributed by atoms with Crippen molar-refractivity contribution in [1.29, 1.82) is 0 Å². The second-order valence-electron chi connectivity index (χ2n) is 4.43. The third kappa shape index (κ3) is 5.50. The molecule has 0 saturated carbocycles. The molecule has 2 aromatic rings. The van der Waals surface area contributed by atoms with Crippen molar-refractivity contribution >= 4 is 46.4 Å². The number of halogens is 1. The largest absolute Gasteiger partial charge is 0.383 e. The van der Waals surface area contributed by atoms with Crippen molar-refractivity contribution in [2.45, 2.75) is 9.79 Å². The average molecular weight is 353 g/mol. The molecule has 0 unspecified atom stereocenters. The first kappa shape index (κ1) is 17.1. The van der Waals surface area contributed by atoms with E-state index in [4.69, 9.17) is 28.6 Å². The van der Waals surface area contributed by atoms with Crippen molar-refractivity contribution < 1.29 is 4.74 Å². The number of ether oxygens (including phenoxy) is 1. The minimum Gasteiger partial charge on any atom is -0.383 e. The van der Waals surface area contributed by atoms with Gasteiger partial charge in [-0.15, -0.1) is 0 Å². The molecule has 0 bridgehead atoms. The molecule has 3 nitrogen and oxygen atoms in total. The van der Waals surface area contributed by atoms with Crippen LogP contribution in [0.1, 0.15) is 0 Å². The molecule has 0 aliphatic carbocycles. The van der Waals surface area contributed by atoms with Crippen molar-refractivity contribution in [2.24, 2.45) is 0 Å². The second kappa shape index (κ2) is 9.00. The molecule has 0 atom stereocenters. The van der Waals surface area contributed by atoms with Crippen LogP contribution in [-0.2, 0) is 4.74 Å². The number of rotatable bonds is 6. The van der Waals surface area contributed by atoms with Crippen LogP contribution in [0.25, 0.3) is 0 Å². The predicted octanol–water partition coefficient (Wildman–Crippen LogP) is 4.42. The Kier molecular flexibility index (Phi) is 6.99. The van der Waals surface area contributed by atoms with Crippen LogP contribution in [0.2, 0.25) is 5.02 Å². The maximum absolute atomic E-state index is 6.10. The summed E-state index contributed by atoms with van der Waals surface area (Å²) in [6.07, 6.45) is 0. The van der Waals surface area contributed by atoms with E-state index in [0.29, 0.717) is 23.3 Å². The molecule has 0 heterocycles. The van der Waals surface area contributed by atoms with Gasteiger partial charge in [0.25, 0.3) is 0 Å². The SMILES string of the molecule is COCCNC(=S)Nc1cc(Cl)ccc1Sc1ccccc1. The molecule has 116 valence electrons.